The number of fused-ring (bicyclic) bond motifs is 1. The van der Waals surface area contributed by atoms with Crippen LogP contribution in [0, 0.1) is 0 Å². The Balaban J connectivity index is 1.73. The van der Waals surface area contributed by atoms with Crippen LogP contribution in [-0.2, 0) is 23.8 Å². The number of aliphatic carboxylic acids is 1. The van der Waals surface area contributed by atoms with Gasteiger partial charge >= 0.3 is 5.97 Å². The third-order valence-corrected chi connectivity index (χ3v) is 4.18. The minimum absolute atomic E-state index is 0.0284. The Morgan fingerprint density at radius 1 is 1.52 bits per heavy atom. The van der Waals surface area contributed by atoms with E-state index in [1.54, 1.807) is 24.1 Å². The SMILES string of the molecule is Cn1cc(C(NCc2ccc3c(c2)OCC3(C)C)C(=O)O)cn1. The third-order valence-electron chi connectivity index (χ3n) is 4.18. The number of rotatable bonds is 5. The van der Waals surface area contributed by atoms with Crippen molar-refractivity contribution in [3.05, 3.63) is 47.3 Å². The number of carboxylic acids is 1. The molecule has 0 amide bonds. The van der Waals surface area contributed by atoms with E-state index in [9.17, 15) is 9.90 Å². The first-order chi connectivity index (χ1) is 10.9. The second-order valence-electron chi connectivity index (χ2n) is 6.60. The highest BCUT2D eigenvalue weighted by molar-refractivity contribution is 5.75. The maximum Gasteiger partial charge on any atom is 0.325 e. The number of aryl methyl sites for hydroxylation is 1. The average Bonchev–Trinajstić information content (AvgIpc) is 3.03. The second-order valence-corrected chi connectivity index (χ2v) is 6.60. The molecule has 0 aliphatic carbocycles. The molecule has 0 bridgehead atoms. The molecule has 1 aliphatic heterocycles. The number of hydrogen-bond acceptors (Lipinski definition) is 4. The van der Waals surface area contributed by atoms with E-state index < -0.39 is 12.0 Å². The molecule has 3 rings (SSSR count). The first kappa shape index (κ1) is 15.6. The van der Waals surface area contributed by atoms with E-state index in [0.29, 0.717) is 18.7 Å². The van der Waals surface area contributed by atoms with Crippen LogP contribution in [0.2, 0.25) is 0 Å². The topological polar surface area (TPSA) is 76.4 Å². The number of carbonyl (C=O) groups is 1. The second kappa shape index (κ2) is 5.70. The molecule has 0 radical (unpaired) electrons. The highest BCUT2D eigenvalue weighted by Gasteiger charge is 2.31. The number of hydrogen-bond donors (Lipinski definition) is 2. The number of nitrogens with one attached hydrogen (secondary N) is 1. The molecule has 0 fully saturated rings. The molecule has 1 atom stereocenters. The fourth-order valence-corrected chi connectivity index (χ4v) is 2.85. The van der Waals surface area contributed by atoms with Crippen molar-refractivity contribution in [1.82, 2.24) is 15.1 Å². The molecule has 0 saturated heterocycles. The highest BCUT2D eigenvalue weighted by atomic mass is 16.5. The molecule has 2 aromatic rings. The van der Waals surface area contributed by atoms with Gasteiger partial charge in [-0.15, -0.1) is 0 Å². The third kappa shape index (κ3) is 3.07. The van der Waals surface area contributed by atoms with Crippen LogP contribution in [0.3, 0.4) is 0 Å². The van der Waals surface area contributed by atoms with E-state index in [0.717, 1.165) is 11.3 Å². The molecule has 2 heterocycles. The molecule has 2 N–H and O–H groups in total. The molecule has 1 aromatic carbocycles. The van der Waals surface area contributed by atoms with Crippen molar-refractivity contribution in [2.24, 2.45) is 7.05 Å². The largest absolute Gasteiger partial charge is 0.492 e. The zero-order valence-electron chi connectivity index (χ0n) is 13.5. The van der Waals surface area contributed by atoms with Gasteiger partial charge in [0.25, 0.3) is 0 Å². The molecule has 23 heavy (non-hydrogen) atoms. The van der Waals surface area contributed by atoms with Crippen molar-refractivity contribution in [2.45, 2.75) is 31.8 Å². The van der Waals surface area contributed by atoms with Gasteiger partial charge in [0.2, 0.25) is 0 Å². The Kier molecular flexibility index (Phi) is 3.85. The van der Waals surface area contributed by atoms with Gasteiger partial charge in [0.05, 0.1) is 12.8 Å². The van der Waals surface area contributed by atoms with Crippen LogP contribution in [-0.4, -0.2) is 27.5 Å². The maximum absolute atomic E-state index is 11.5. The Morgan fingerprint density at radius 3 is 2.96 bits per heavy atom. The van der Waals surface area contributed by atoms with Crippen LogP contribution in [0.5, 0.6) is 5.75 Å². The van der Waals surface area contributed by atoms with Crippen LogP contribution < -0.4 is 10.1 Å². The minimum Gasteiger partial charge on any atom is -0.492 e. The molecule has 0 spiro atoms. The lowest BCUT2D eigenvalue weighted by Gasteiger charge is -2.16. The number of ether oxygens (including phenoxy) is 1. The van der Waals surface area contributed by atoms with Gasteiger partial charge in [-0.1, -0.05) is 26.0 Å². The molecular weight excluding hydrogens is 294 g/mol. The zero-order valence-corrected chi connectivity index (χ0v) is 13.5. The summed E-state index contributed by atoms with van der Waals surface area (Å²) in [6.07, 6.45) is 3.28. The summed E-state index contributed by atoms with van der Waals surface area (Å²) in [5.41, 5.74) is 2.86. The van der Waals surface area contributed by atoms with Crippen molar-refractivity contribution in [1.29, 1.82) is 0 Å². The first-order valence-electron chi connectivity index (χ1n) is 7.58. The predicted octanol–water partition coefficient (Wildman–Crippen LogP) is 2.01. The lowest BCUT2D eigenvalue weighted by Crippen LogP contribution is -2.27. The van der Waals surface area contributed by atoms with Crippen molar-refractivity contribution in [2.75, 3.05) is 6.61 Å². The van der Waals surface area contributed by atoms with E-state index in [-0.39, 0.29) is 5.41 Å². The van der Waals surface area contributed by atoms with Gasteiger partial charge in [0.1, 0.15) is 11.8 Å². The fourth-order valence-electron chi connectivity index (χ4n) is 2.85. The number of benzene rings is 1. The number of nitrogens with zero attached hydrogens (tertiary/aromatic N) is 2. The summed E-state index contributed by atoms with van der Waals surface area (Å²) >= 11 is 0. The van der Waals surface area contributed by atoms with Gasteiger partial charge in [-0.25, -0.2) is 0 Å². The van der Waals surface area contributed by atoms with E-state index in [1.165, 1.54) is 5.56 Å². The van der Waals surface area contributed by atoms with E-state index in [1.807, 2.05) is 12.1 Å². The minimum atomic E-state index is -0.920. The maximum atomic E-state index is 11.5. The van der Waals surface area contributed by atoms with Gasteiger partial charge in [0.15, 0.2) is 0 Å². The van der Waals surface area contributed by atoms with Crippen LogP contribution >= 0.6 is 0 Å². The van der Waals surface area contributed by atoms with Gasteiger partial charge in [-0.3, -0.25) is 14.8 Å². The van der Waals surface area contributed by atoms with Crippen molar-refractivity contribution >= 4 is 5.97 Å². The van der Waals surface area contributed by atoms with Crippen LogP contribution in [0.25, 0.3) is 0 Å². The van der Waals surface area contributed by atoms with Crippen LogP contribution in [0.1, 0.15) is 36.6 Å². The summed E-state index contributed by atoms with van der Waals surface area (Å²) in [5.74, 6) is -0.0286. The van der Waals surface area contributed by atoms with Crippen LogP contribution in [0.4, 0.5) is 0 Å². The Bertz CT molecular complexity index is 736. The lowest BCUT2D eigenvalue weighted by atomic mass is 9.86. The monoisotopic (exact) mass is 315 g/mol. The molecular formula is C17H21N3O3. The molecule has 122 valence electrons. The standard InChI is InChI=1S/C17H21N3O3/c1-17(2)10-23-14-6-11(4-5-13(14)17)7-18-15(16(21)22)12-8-19-20(3)9-12/h4-6,8-9,15,18H,7,10H2,1-3H3,(H,21,22). The van der Waals surface area contributed by atoms with E-state index in [2.05, 4.69) is 30.3 Å². The number of carboxylic acid groups (broad SMARTS) is 1. The first-order valence-corrected chi connectivity index (χ1v) is 7.58. The van der Waals surface area contributed by atoms with Gasteiger partial charge in [0, 0.05) is 36.3 Å². The van der Waals surface area contributed by atoms with Gasteiger partial charge in [-0.05, 0) is 11.6 Å². The van der Waals surface area contributed by atoms with E-state index >= 15 is 0 Å². The van der Waals surface area contributed by atoms with Crippen molar-refractivity contribution in [3.63, 3.8) is 0 Å². The average molecular weight is 315 g/mol. The van der Waals surface area contributed by atoms with E-state index in [4.69, 9.17) is 4.74 Å². The van der Waals surface area contributed by atoms with Crippen LogP contribution in [0.15, 0.2) is 30.6 Å². The molecule has 6 heteroatoms. The molecule has 1 aliphatic rings. The predicted molar refractivity (Wildman–Crippen MR) is 85.4 cm³/mol. The molecule has 1 aromatic heterocycles. The summed E-state index contributed by atoms with van der Waals surface area (Å²) in [4.78, 5) is 11.5. The summed E-state index contributed by atoms with van der Waals surface area (Å²) in [6, 6.07) is 5.29. The summed E-state index contributed by atoms with van der Waals surface area (Å²) in [7, 11) is 1.77. The Labute approximate surface area is 135 Å². The Morgan fingerprint density at radius 2 is 2.30 bits per heavy atom. The number of aromatic nitrogens is 2. The lowest BCUT2D eigenvalue weighted by molar-refractivity contribution is -0.139. The normalized spacial score (nSPS) is 16.7. The van der Waals surface area contributed by atoms with Gasteiger partial charge < -0.3 is 9.84 Å². The van der Waals surface area contributed by atoms with Crippen molar-refractivity contribution < 1.29 is 14.6 Å². The zero-order chi connectivity index (χ0) is 16.6. The van der Waals surface area contributed by atoms with Crippen molar-refractivity contribution in [3.8, 4) is 5.75 Å². The summed E-state index contributed by atoms with van der Waals surface area (Å²) in [5, 5.41) is 16.5. The van der Waals surface area contributed by atoms with Gasteiger partial charge in [-0.2, -0.15) is 5.10 Å². The molecule has 1 unspecified atom stereocenters. The quantitative estimate of drug-likeness (QED) is 0.882. The molecule has 0 saturated carbocycles. The summed E-state index contributed by atoms with van der Waals surface area (Å²) in [6.45, 7) is 5.43. The highest BCUT2D eigenvalue weighted by Crippen LogP contribution is 2.38. The fraction of sp³-hybridized carbons (Fsp3) is 0.412. The smallest absolute Gasteiger partial charge is 0.325 e. The Hall–Kier alpha value is -2.34. The molecule has 6 nitrogen and oxygen atoms in total. The summed E-state index contributed by atoms with van der Waals surface area (Å²) < 4.78 is 7.33.